The molecule has 0 aliphatic rings. The maximum absolute atomic E-state index is 4.64. The molecule has 3 atom stereocenters. The van der Waals surface area contributed by atoms with Gasteiger partial charge in [-0.2, -0.15) is 37.9 Å². The molecule has 2 N–H and O–H groups in total. The van der Waals surface area contributed by atoms with Gasteiger partial charge in [0, 0.05) is 29.1 Å². The third-order valence-electron chi connectivity index (χ3n) is 4.99. The molecule has 0 heterocycles. The van der Waals surface area contributed by atoms with Crippen LogP contribution in [0.5, 0.6) is 0 Å². The summed E-state index contributed by atoms with van der Waals surface area (Å²) in [6, 6.07) is 0. The van der Waals surface area contributed by atoms with Crippen LogP contribution in [-0.2, 0) is 0 Å². The number of rotatable bonds is 14. The molecular weight excluding hydrogens is 340 g/mol. The third kappa shape index (κ3) is 9.29. The molecule has 23 heavy (non-hydrogen) atoms. The Kier molecular flexibility index (Phi) is 12.0. The van der Waals surface area contributed by atoms with Crippen molar-refractivity contribution >= 4 is 37.9 Å². The van der Waals surface area contributed by atoms with E-state index in [1.165, 1.54) is 19.3 Å². The molecule has 0 rings (SSSR count). The summed E-state index contributed by atoms with van der Waals surface area (Å²) in [6.45, 7) is 13.3. The predicted molar refractivity (Wildman–Crippen MR) is 117 cm³/mol. The van der Waals surface area contributed by atoms with E-state index in [-0.39, 0.29) is 16.5 Å². The molecule has 0 aromatic rings. The van der Waals surface area contributed by atoms with Crippen LogP contribution >= 0.6 is 37.9 Å². The molecule has 0 saturated heterocycles. The van der Waals surface area contributed by atoms with Crippen LogP contribution in [0.1, 0.15) is 66.7 Å². The van der Waals surface area contributed by atoms with E-state index in [1.54, 1.807) is 0 Å². The lowest BCUT2D eigenvalue weighted by Crippen LogP contribution is -2.50. The van der Waals surface area contributed by atoms with Crippen LogP contribution in [0.15, 0.2) is 0 Å². The summed E-state index contributed by atoms with van der Waals surface area (Å²) < 4.78 is 0. The Morgan fingerprint density at radius 2 is 1.30 bits per heavy atom. The van der Waals surface area contributed by atoms with Crippen molar-refractivity contribution in [2.75, 3.05) is 30.3 Å². The Morgan fingerprint density at radius 1 is 0.739 bits per heavy atom. The van der Waals surface area contributed by atoms with E-state index >= 15 is 0 Å². The Morgan fingerprint density at radius 3 is 1.74 bits per heavy atom. The molecular formula is C18H40N2S3. The van der Waals surface area contributed by atoms with Crippen molar-refractivity contribution in [3.8, 4) is 0 Å². The second-order valence-corrected chi connectivity index (χ2v) is 8.84. The quantitative estimate of drug-likeness (QED) is 0.287. The normalized spacial score (nSPS) is 19.8. The van der Waals surface area contributed by atoms with E-state index in [9.17, 15) is 0 Å². The molecule has 0 saturated carbocycles. The molecule has 2 nitrogen and oxygen atoms in total. The maximum Gasteiger partial charge on any atom is 0.0241 e. The summed E-state index contributed by atoms with van der Waals surface area (Å²) in [5, 5.41) is 7.38. The molecule has 0 fully saturated rings. The fourth-order valence-electron chi connectivity index (χ4n) is 2.67. The number of hydrogen-bond donors (Lipinski definition) is 5. The number of thiol groups is 3. The van der Waals surface area contributed by atoms with Gasteiger partial charge in [-0.05, 0) is 50.8 Å². The van der Waals surface area contributed by atoms with Crippen LogP contribution in [0, 0.1) is 5.41 Å². The average molecular weight is 381 g/mol. The second-order valence-electron chi connectivity index (χ2n) is 7.89. The smallest absolute Gasteiger partial charge is 0.0241 e. The van der Waals surface area contributed by atoms with Crippen molar-refractivity contribution in [2.24, 2.45) is 5.41 Å². The van der Waals surface area contributed by atoms with Gasteiger partial charge in [-0.1, -0.05) is 33.6 Å². The highest BCUT2D eigenvalue weighted by atomic mass is 32.1. The van der Waals surface area contributed by atoms with Crippen molar-refractivity contribution in [1.29, 1.82) is 0 Å². The van der Waals surface area contributed by atoms with Crippen molar-refractivity contribution in [3.63, 3.8) is 0 Å². The van der Waals surface area contributed by atoms with Gasteiger partial charge in [0.15, 0.2) is 0 Å². The zero-order chi connectivity index (χ0) is 18.0. The monoisotopic (exact) mass is 380 g/mol. The fraction of sp³-hybridized carbons (Fsp3) is 1.00. The standard InChI is InChI=1S/C18H40N2S3/c1-6-8-9-17(4,14-22)20-12-16(3,13-21)10-11-18(5,15-23)19-7-2/h19-23H,6-15H2,1-5H3/t16-,17-,18-/m0/s1. The van der Waals surface area contributed by atoms with Gasteiger partial charge in [-0.25, -0.2) is 0 Å². The number of hydrogen-bond acceptors (Lipinski definition) is 5. The van der Waals surface area contributed by atoms with Crippen LogP contribution < -0.4 is 10.6 Å². The molecule has 0 aromatic heterocycles. The summed E-state index contributed by atoms with van der Waals surface area (Å²) in [5.74, 6) is 2.63. The van der Waals surface area contributed by atoms with Crippen molar-refractivity contribution in [2.45, 2.75) is 77.8 Å². The molecule has 0 amide bonds. The van der Waals surface area contributed by atoms with Crippen LogP contribution in [0.3, 0.4) is 0 Å². The molecule has 0 bridgehead atoms. The Hall–Kier alpha value is 0.970. The minimum Gasteiger partial charge on any atom is -0.311 e. The first kappa shape index (κ1) is 24.0. The van der Waals surface area contributed by atoms with E-state index in [0.29, 0.717) is 0 Å². The van der Waals surface area contributed by atoms with Crippen molar-refractivity contribution in [1.82, 2.24) is 10.6 Å². The van der Waals surface area contributed by atoms with Gasteiger partial charge in [0.05, 0.1) is 0 Å². The van der Waals surface area contributed by atoms with Gasteiger partial charge in [0.25, 0.3) is 0 Å². The summed E-state index contributed by atoms with van der Waals surface area (Å²) in [5.41, 5.74) is 0.425. The van der Waals surface area contributed by atoms with E-state index < -0.39 is 0 Å². The van der Waals surface area contributed by atoms with Crippen LogP contribution in [0.2, 0.25) is 0 Å². The predicted octanol–water partition coefficient (Wildman–Crippen LogP) is 4.47. The van der Waals surface area contributed by atoms with Gasteiger partial charge in [0.2, 0.25) is 0 Å². The highest BCUT2D eigenvalue weighted by Crippen LogP contribution is 2.29. The van der Waals surface area contributed by atoms with E-state index in [0.717, 1.165) is 43.2 Å². The fourth-order valence-corrected chi connectivity index (χ4v) is 3.48. The molecule has 5 heteroatoms. The lowest BCUT2D eigenvalue weighted by Gasteiger charge is -2.38. The Bertz CT molecular complexity index is 317. The molecule has 0 spiro atoms. The van der Waals surface area contributed by atoms with Crippen LogP contribution in [0.4, 0.5) is 0 Å². The lowest BCUT2D eigenvalue weighted by molar-refractivity contribution is 0.231. The second kappa shape index (κ2) is 11.6. The molecule has 140 valence electrons. The zero-order valence-electron chi connectivity index (χ0n) is 15.9. The lowest BCUT2D eigenvalue weighted by atomic mass is 9.81. The van der Waals surface area contributed by atoms with Gasteiger partial charge in [-0.3, -0.25) is 0 Å². The topological polar surface area (TPSA) is 24.1 Å². The van der Waals surface area contributed by atoms with Gasteiger partial charge in [-0.15, -0.1) is 0 Å². The summed E-state index contributed by atoms with van der Waals surface area (Å²) >= 11 is 13.8. The van der Waals surface area contributed by atoms with Gasteiger partial charge in [0.1, 0.15) is 0 Å². The zero-order valence-corrected chi connectivity index (χ0v) is 18.6. The van der Waals surface area contributed by atoms with Crippen molar-refractivity contribution < 1.29 is 0 Å². The third-order valence-corrected chi connectivity index (χ3v) is 7.15. The van der Waals surface area contributed by atoms with E-state index in [2.05, 4.69) is 83.1 Å². The van der Waals surface area contributed by atoms with Crippen LogP contribution in [-0.4, -0.2) is 41.4 Å². The first-order chi connectivity index (χ1) is 10.7. The maximum atomic E-state index is 4.64. The molecule has 0 aliphatic heterocycles. The molecule has 0 aliphatic carbocycles. The van der Waals surface area contributed by atoms with E-state index in [1.807, 2.05) is 0 Å². The summed E-state index contributed by atoms with van der Waals surface area (Å²) in [7, 11) is 0. The highest BCUT2D eigenvalue weighted by Gasteiger charge is 2.31. The highest BCUT2D eigenvalue weighted by molar-refractivity contribution is 7.80. The number of unbranched alkanes of at least 4 members (excludes halogenated alkanes) is 1. The van der Waals surface area contributed by atoms with Crippen molar-refractivity contribution in [3.05, 3.63) is 0 Å². The average Bonchev–Trinajstić information content (AvgIpc) is 2.56. The van der Waals surface area contributed by atoms with Gasteiger partial charge < -0.3 is 10.6 Å². The molecule has 0 aromatic carbocycles. The summed E-state index contributed by atoms with van der Waals surface area (Å²) in [4.78, 5) is 0. The minimum atomic E-state index is 0.108. The first-order valence-corrected chi connectivity index (χ1v) is 10.9. The van der Waals surface area contributed by atoms with Crippen LogP contribution in [0.25, 0.3) is 0 Å². The largest absolute Gasteiger partial charge is 0.311 e. The minimum absolute atomic E-state index is 0.108. The SMILES string of the molecule is CCCC[C@@](C)(CS)NC[C@@](C)(CS)CC[C@@](C)(CS)NCC. The summed E-state index contributed by atoms with van der Waals surface area (Å²) in [6.07, 6.45) is 5.93. The Balaban J connectivity index is 4.64. The van der Waals surface area contributed by atoms with E-state index in [4.69, 9.17) is 0 Å². The first-order valence-electron chi connectivity index (χ1n) is 9.04. The Labute approximate surface area is 162 Å². The van der Waals surface area contributed by atoms with Gasteiger partial charge >= 0.3 is 0 Å². The number of nitrogens with one attached hydrogen (secondary N) is 2. The molecule has 0 radical (unpaired) electrons. The molecule has 0 unspecified atom stereocenters.